The molecule has 0 saturated heterocycles. The third kappa shape index (κ3) is 2.89. The maximum absolute atomic E-state index is 12.5. The third-order valence-electron chi connectivity index (χ3n) is 4.73. The van der Waals surface area contributed by atoms with Crippen LogP contribution in [0.1, 0.15) is 49.0 Å². The molecule has 1 aliphatic carbocycles. The van der Waals surface area contributed by atoms with Gasteiger partial charge in [-0.2, -0.15) is 0 Å². The van der Waals surface area contributed by atoms with E-state index in [1.807, 2.05) is 0 Å². The predicted molar refractivity (Wildman–Crippen MR) is 85.8 cm³/mol. The van der Waals surface area contributed by atoms with Crippen molar-refractivity contribution >= 4 is 11.6 Å². The number of aromatic nitrogens is 3. The smallest absolute Gasteiger partial charge is 0.199 e. The van der Waals surface area contributed by atoms with Crippen LogP contribution in [-0.2, 0) is 0 Å². The first-order valence-corrected chi connectivity index (χ1v) is 7.93. The van der Waals surface area contributed by atoms with Crippen LogP contribution in [0.2, 0.25) is 0 Å². The summed E-state index contributed by atoms with van der Waals surface area (Å²) in [7, 11) is 0. The largest absolute Gasteiger partial charge is 0.367 e. The average molecular weight is 298 g/mol. The van der Waals surface area contributed by atoms with Crippen LogP contribution >= 0.6 is 0 Å². The minimum Gasteiger partial charge on any atom is -0.367 e. The number of aromatic amines is 1. The fourth-order valence-electron chi connectivity index (χ4n) is 3.45. The number of ketones is 1. The SMILES string of the molecule is CC[C@H]1C[C@@H](Nc2ncncc2C(=O)c2cc[nH]c2)C[C@@H]1C. The van der Waals surface area contributed by atoms with Crippen molar-refractivity contribution in [2.45, 2.75) is 39.2 Å². The lowest BCUT2D eigenvalue weighted by atomic mass is 9.96. The van der Waals surface area contributed by atoms with E-state index in [9.17, 15) is 4.79 Å². The second-order valence-corrected chi connectivity index (χ2v) is 6.17. The van der Waals surface area contributed by atoms with E-state index in [-0.39, 0.29) is 5.78 Å². The summed E-state index contributed by atoms with van der Waals surface area (Å²) in [5.74, 6) is 2.06. The van der Waals surface area contributed by atoms with E-state index in [1.165, 1.54) is 12.7 Å². The number of hydrogen-bond donors (Lipinski definition) is 2. The van der Waals surface area contributed by atoms with Crippen molar-refractivity contribution in [3.8, 4) is 0 Å². The van der Waals surface area contributed by atoms with Crippen molar-refractivity contribution in [2.75, 3.05) is 5.32 Å². The van der Waals surface area contributed by atoms with Crippen LogP contribution in [0.4, 0.5) is 5.82 Å². The number of H-pyrrole nitrogens is 1. The fraction of sp³-hybridized carbons (Fsp3) is 0.471. The van der Waals surface area contributed by atoms with Gasteiger partial charge in [-0.15, -0.1) is 0 Å². The van der Waals surface area contributed by atoms with Crippen molar-refractivity contribution in [3.05, 3.63) is 42.1 Å². The Morgan fingerprint density at radius 2 is 2.32 bits per heavy atom. The van der Waals surface area contributed by atoms with Gasteiger partial charge in [-0.05, 0) is 30.7 Å². The van der Waals surface area contributed by atoms with Crippen LogP contribution in [0.25, 0.3) is 0 Å². The summed E-state index contributed by atoms with van der Waals surface area (Å²) in [5, 5.41) is 3.46. The van der Waals surface area contributed by atoms with Gasteiger partial charge < -0.3 is 10.3 Å². The van der Waals surface area contributed by atoms with Gasteiger partial charge in [0.1, 0.15) is 12.1 Å². The molecular formula is C17H22N4O. The molecule has 0 bridgehead atoms. The first-order chi connectivity index (χ1) is 10.7. The number of carbonyl (C=O) groups is 1. The first-order valence-electron chi connectivity index (χ1n) is 7.93. The van der Waals surface area contributed by atoms with Crippen molar-refractivity contribution in [2.24, 2.45) is 11.8 Å². The summed E-state index contributed by atoms with van der Waals surface area (Å²) in [6.07, 6.45) is 10.0. The Morgan fingerprint density at radius 1 is 1.45 bits per heavy atom. The second kappa shape index (κ2) is 6.30. The standard InChI is InChI=1S/C17H22N4O/c1-3-12-7-14(6-11(12)2)21-17-15(9-19-10-20-17)16(22)13-4-5-18-8-13/h4-5,8-12,14,18H,3,6-7H2,1-2H3,(H,19,20,21)/t11-,12-,14-/m0/s1. The number of nitrogens with zero attached hydrogens (tertiary/aromatic N) is 2. The molecule has 2 aromatic rings. The van der Waals surface area contributed by atoms with Crippen LogP contribution in [-0.4, -0.2) is 26.8 Å². The molecule has 3 atom stereocenters. The lowest BCUT2D eigenvalue weighted by Crippen LogP contribution is -2.19. The molecule has 3 rings (SSSR count). The van der Waals surface area contributed by atoms with E-state index in [0.717, 1.165) is 18.8 Å². The summed E-state index contributed by atoms with van der Waals surface area (Å²) in [5.41, 5.74) is 1.17. The van der Waals surface area contributed by atoms with E-state index in [0.29, 0.717) is 28.9 Å². The van der Waals surface area contributed by atoms with Gasteiger partial charge in [-0.3, -0.25) is 4.79 Å². The molecule has 0 radical (unpaired) electrons. The molecule has 2 aromatic heterocycles. The number of carbonyl (C=O) groups excluding carboxylic acids is 1. The number of nitrogens with one attached hydrogen (secondary N) is 2. The highest BCUT2D eigenvalue weighted by atomic mass is 16.1. The summed E-state index contributed by atoms with van der Waals surface area (Å²) < 4.78 is 0. The van der Waals surface area contributed by atoms with Gasteiger partial charge in [-0.25, -0.2) is 9.97 Å². The fourth-order valence-corrected chi connectivity index (χ4v) is 3.45. The van der Waals surface area contributed by atoms with Gasteiger partial charge in [0.15, 0.2) is 5.78 Å². The van der Waals surface area contributed by atoms with E-state index >= 15 is 0 Å². The highest BCUT2D eigenvalue weighted by Crippen LogP contribution is 2.35. The molecule has 5 nitrogen and oxygen atoms in total. The van der Waals surface area contributed by atoms with E-state index in [4.69, 9.17) is 0 Å². The Balaban J connectivity index is 1.79. The van der Waals surface area contributed by atoms with Crippen molar-refractivity contribution < 1.29 is 4.79 Å². The average Bonchev–Trinajstić information content (AvgIpc) is 3.17. The highest BCUT2D eigenvalue weighted by molar-refractivity contribution is 6.11. The first kappa shape index (κ1) is 14.8. The van der Waals surface area contributed by atoms with Gasteiger partial charge in [-0.1, -0.05) is 20.3 Å². The molecule has 22 heavy (non-hydrogen) atoms. The minimum absolute atomic E-state index is 0.0533. The molecule has 2 heterocycles. The van der Waals surface area contributed by atoms with E-state index < -0.39 is 0 Å². The zero-order chi connectivity index (χ0) is 15.5. The number of anilines is 1. The summed E-state index contributed by atoms with van der Waals surface area (Å²) in [6, 6.07) is 2.15. The van der Waals surface area contributed by atoms with Gasteiger partial charge >= 0.3 is 0 Å². The van der Waals surface area contributed by atoms with Crippen LogP contribution < -0.4 is 5.32 Å². The van der Waals surface area contributed by atoms with Gasteiger partial charge in [0.2, 0.25) is 0 Å². The summed E-state index contributed by atoms with van der Waals surface area (Å²) >= 11 is 0. The second-order valence-electron chi connectivity index (χ2n) is 6.17. The number of hydrogen-bond acceptors (Lipinski definition) is 4. The molecular weight excluding hydrogens is 276 g/mol. The molecule has 0 spiro atoms. The van der Waals surface area contributed by atoms with Crippen LogP contribution in [0.5, 0.6) is 0 Å². The van der Waals surface area contributed by atoms with Gasteiger partial charge in [0.05, 0.1) is 5.56 Å². The molecule has 0 aromatic carbocycles. The maximum Gasteiger partial charge on any atom is 0.199 e. The molecule has 1 aliphatic rings. The summed E-state index contributed by atoms with van der Waals surface area (Å²) in [6.45, 7) is 4.55. The Bertz CT molecular complexity index is 638. The zero-order valence-corrected chi connectivity index (χ0v) is 13.0. The topological polar surface area (TPSA) is 70.7 Å². The van der Waals surface area contributed by atoms with Crippen LogP contribution in [0.15, 0.2) is 31.0 Å². The molecule has 0 aliphatic heterocycles. The van der Waals surface area contributed by atoms with E-state index in [1.54, 1.807) is 24.7 Å². The van der Waals surface area contributed by atoms with E-state index in [2.05, 4.69) is 34.1 Å². The Labute approximate surface area is 130 Å². The Hall–Kier alpha value is -2.17. The molecule has 1 fully saturated rings. The van der Waals surface area contributed by atoms with Gasteiger partial charge in [0, 0.05) is 30.2 Å². The quantitative estimate of drug-likeness (QED) is 0.831. The van der Waals surface area contributed by atoms with Crippen LogP contribution in [0, 0.1) is 11.8 Å². The molecule has 2 N–H and O–H groups in total. The van der Waals surface area contributed by atoms with Crippen molar-refractivity contribution in [1.29, 1.82) is 0 Å². The Morgan fingerprint density at radius 3 is 3.00 bits per heavy atom. The molecule has 1 saturated carbocycles. The van der Waals surface area contributed by atoms with Gasteiger partial charge in [0.25, 0.3) is 0 Å². The summed E-state index contributed by atoms with van der Waals surface area (Å²) in [4.78, 5) is 23.8. The highest BCUT2D eigenvalue weighted by Gasteiger charge is 2.30. The maximum atomic E-state index is 12.5. The molecule has 5 heteroatoms. The van der Waals surface area contributed by atoms with Crippen molar-refractivity contribution in [1.82, 2.24) is 15.0 Å². The lowest BCUT2D eigenvalue weighted by molar-refractivity contribution is 0.103. The van der Waals surface area contributed by atoms with Crippen LogP contribution in [0.3, 0.4) is 0 Å². The van der Waals surface area contributed by atoms with Crippen molar-refractivity contribution in [3.63, 3.8) is 0 Å². The number of rotatable bonds is 5. The Kier molecular flexibility index (Phi) is 4.22. The molecule has 116 valence electrons. The normalized spacial score (nSPS) is 24.4. The molecule has 0 amide bonds. The third-order valence-corrected chi connectivity index (χ3v) is 4.73. The lowest BCUT2D eigenvalue weighted by Gasteiger charge is -2.15. The predicted octanol–water partition coefficient (Wildman–Crippen LogP) is 3.27. The zero-order valence-electron chi connectivity index (χ0n) is 13.0. The molecule has 0 unspecified atom stereocenters. The minimum atomic E-state index is -0.0533. The monoisotopic (exact) mass is 298 g/mol.